The standard InChI is InChI=1S/C28H32N6O4.C23H24N6O2/c1-28(2,3)38-27(37)33-12-10-32(11-13-33)23(35)15-18-8-9-22-21(14-18)24(31-26(29)30-22)25(36)34-16-19-6-4-5-7-20(19)17-34;24-23-26-19-6-5-15(12-20(30)28-9-7-25-8-10-28)11-18(19)21(27-23)22(31)29-13-16-3-1-2-4-17(16)14-29/h4-9,14H,10-13,15-17H2,1-3H3,(H2,29,30,31);1-6,11,25H,7-10,12-14H2,(H2,24,26,27). The normalized spacial score (nSPS) is 15.7. The van der Waals surface area contributed by atoms with Crippen molar-refractivity contribution >= 4 is 63.4 Å². The van der Waals surface area contributed by atoms with E-state index in [0.29, 0.717) is 87.3 Å². The average Bonchev–Trinajstić information content (AvgIpc) is 3.99. The second kappa shape index (κ2) is 19.5. The molecule has 6 aromatic rings. The summed E-state index contributed by atoms with van der Waals surface area (Å²) in [5.41, 5.74) is 19.1. The number of anilines is 2. The zero-order chi connectivity index (χ0) is 48.4. The van der Waals surface area contributed by atoms with Gasteiger partial charge in [0.15, 0.2) is 0 Å². The first-order chi connectivity index (χ1) is 33.2. The third kappa shape index (κ3) is 10.6. The highest BCUT2D eigenvalue weighted by molar-refractivity contribution is 6.06. The minimum absolute atomic E-state index is 0.0317. The van der Waals surface area contributed by atoms with Crippen LogP contribution in [0.2, 0.25) is 0 Å². The zero-order valence-corrected chi connectivity index (χ0v) is 39.1. The lowest BCUT2D eigenvalue weighted by molar-refractivity contribution is -0.132. The van der Waals surface area contributed by atoms with Gasteiger partial charge < -0.3 is 46.0 Å². The van der Waals surface area contributed by atoms with Gasteiger partial charge in [-0.05, 0) is 78.4 Å². The second-order valence-corrected chi connectivity index (χ2v) is 18.8. The Bertz CT molecular complexity index is 2930. The fourth-order valence-electron chi connectivity index (χ4n) is 9.14. The molecule has 0 bridgehead atoms. The molecule has 4 aliphatic heterocycles. The van der Waals surface area contributed by atoms with Crippen molar-refractivity contribution in [2.45, 2.75) is 65.4 Å². The van der Waals surface area contributed by atoms with Crippen molar-refractivity contribution in [3.63, 3.8) is 0 Å². The van der Waals surface area contributed by atoms with E-state index in [4.69, 9.17) is 16.2 Å². The number of piperazine rings is 2. The Morgan fingerprint density at radius 1 is 0.536 bits per heavy atom. The quantitative estimate of drug-likeness (QED) is 0.212. The first-order valence-corrected chi connectivity index (χ1v) is 23.2. The zero-order valence-electron chi connectivity index (χ0n) is 39.1. The highest BCUT2D eigenvalue weighted by Crippen LogP contribution is 2.29. The van der Waals surface area contributed by atoms with Gasteiger partial charge in [0.25, 0.3) is 11.8 Å². The summed E-state index contributed by atoms with van der Waals surface area (Å²) >= 11 is 0. The lowest BCUT2D eigenvalue weighted by atomic mass is 10.1. The number of hydrogen-bond acceptors (Lipinski definition) is 13. The molecule has 2 fully saturated rings. The SMILES string of the molecule is CC(C)(C)OC(=O)N1CCN(C(=O)Cc2ccc3nc(N)nc(C(=O)N4Cc5ccccc5C4)c3c2)CC1.Nc1nc(C(=O)N2Cc3ccccc3C2)c2cc(CC(=O)N3CCNCC3)ccc2n1. The third-order valence-corrected chi connectivity index (χ3v) is 12.7. The van der Waals surface area contributed by atoms with E-state index in [1.54, 1.807) is 31.7 Å². The van der Waals surface area contributed by atoms with Gasteiger partial charge in [-0.3, -0.25) is 19.2 Å². The highest BCUT2D eigenvalue weighted by atomic mass is 16.6. The highest BCUT2D eigenvalue weighted by Gasteiger charge is 2.31. The summed E-state index contributed by atoms with van der Waals surface area (Å²) in [6.45, 7) is 12.4. The van der Waals surface area contributed by atoms with E-state index in [1.807, 2.05) is 98.5 Å². The number of aromatic nitrogens is 4. The summed E-state index contributed by atoms with van der Waals surface area (Å²) in [6, 6.07) is 26.9. The van der Waals surface area contributed by atoms with Gasteiger partial charge in [-0.1, -0.05) is 60.7 Å². The molecular formula is C51H56N12O6. The molecule has 0 spiro atoms. The van der Waals surface area contributed by atoms with Crippen LogP contribution in [0.15, 0.2) is 84.9 Å². The monoisotopic (exact) mass is 932 g/mol. The van der Waals surface area contributed by atoms with Crippen LogP contribution in [0.5, 0.6) is 0 Å². The molecule has 0 radical (unpaired) electrons. The van der Waals surface area contributed by atoms with E-state index in [0.717, 1.165) is 46.5 Å². The van der Waals surface area contributed by atoms with Crippen molar-refractivity contribution in [1.29, 1.82) is 0 Å². The molecule has 10 rings (SSSR count). The van der Waals surface area contributed by atoms with Gasteiger partial charge in [0.1, 0.15) is 17.0 Å². The molecule has 5 amide bonds. The van der Waals surface area contributed by atoms with Gasteiger partial charge in [0, 0.05) is 89.3 Å². The minimum Gasteiger partial charge on any atom is -0.444 e. The van der Waals surface area contributed by atoms with Crippen molar-refractivity contribution in [2.24, 2.45) is 0 Å². The molecule has 356 valence electrons. The number of nitrogen functional groups attached to an aromatic ring is 2. The van der Waals surface area contributed by atoms with E-state index in [2.05, 4.69) is 25.3 Å². The molecule has 6 heterocycles. The van der Waals surface area contributed by atoms with Crippen molar-refractivity contribution in [3.05, 3.63) is 130 Å². The van der Waals surface area contributed by atoms with Crippen LogP contribution in [0.1, 0.15) is 75.1 Å². The largest absolute Gasteiger partial charge is 0.444 e. The molecule has 2 aromatic heterocycles. The van der Waals surface area contributed by atoms with Gasteiger partial charge in [-0.25, -0.2) is 24.7 Å². The van der Waals surface area contributed by atoms with Crippen LogP contribution in [-0.2, 0) is 53.3 Å². The van der Waals surface area contributed by atoms with E-state index < -0.39 is 5.60 Å². The van der Waals surface area contributed by atoms with E-state index in [1.165, 1.54) is 0 Å². The number of amides is 5. The average molecular weight is 933 g/mol. The number of nitrogens with zero attached hydrogens (tertiary/aromatic N) is 9. The molecule has 2 saturated heterocycles. The van der Waals surface area contributed by atoms with Crippen molar-refractivity contribution in [2.75, 3.05) is 63.8 Å². The Morgan fingerprint density at radius 2 is 0.928 bits per heavy atom. The number of carbonyl (C=O) groups is 5. The van der Waals surface area contributed by atoms with Crippen LogP contribution in [0.25, 0.3) is 21.8 Å². The number of ether oxygens (including phenoxy) is 1. The number of nitrogens with two attached hydrogens (primary N) is 2. The third-order valence-electron chi connectivity index (χ3n) is 12.7. The number of nitrogens with one attached hydrogen (secondary N) is 1. The smallest absolute Gasteiger partial charge is 0.410 e. The maximum absolute atomic E-state index is 13.5. The Morgan fingerprint density at radius 3 is 1.33 bits per heavy atom. The minimum atomic E-state index is -0.562. The molecule has 4 aromatic carbocycles. The number of fused-ring (bicyclic) bond motifs is 4. The molecule has 5 N–H and O–H groups in total. The maximum atomic E-state index is 13.5. The van der Waals surface area contributed by atoms with Crippen molar-refractivity contribution < 1.29 is 28.7 Å². The van der Waals surface area contributed by atoms with Gasteiger partial charge >= 0.3 is 6.09 Å². The lowest BCUT2D eigenvalue weighted by Crippen LogP contribution is -2.52. The molecule has 18 nitrogen and oxygen atoms in total. The molecule has 0 saturated carbocycles. The van der Waals surface area contributed by atoms with E-state index >= 15 is 0 Å². The summed E-state index contributed by atoms with van der Waals surface area (Å²) in [5.74, 6) is -0.267. The Hall–Kier alpha value is -7.73. The van der Waals surface area contributed by atoms with Crippen LogP contribution in [-0.4, -0.2) is 132 Å². The summed E-state index contributed by atoms with van der Waals surface area (Å²) in [5, 5.41) is 4.45. The van der Waals surface area contributed by atoms with Gasteiger partial charge in [-0.15, -0.1) is 0 Å². The fraction of sp³-hybridized carbons (Fsp3) is 0.353. The van der Waals surface area contributed by atoms with Crippen LogP contribution in [0.3, 0.4) is 0 Å². The van der Waals surface area contributed by atoms with Gasteiger partial charge in [0.05, 0.1) is 23.9 Å². The number of benzene rings is 4. The summed E-state index contributed by atoms with van der Waals surface area (Å²) in [7, 11) is 0. The fourth-order valence-corrected chi connectivity index (χ4v) is 9.14. The molecule has 18 heteroatoms. The van der Waals surface area contributed by atoms with Gasteiger partial charge in [-0.2, -0.15) is 0 Å². The lowest BCUT2D eigenvalue weighted by Gasteiger charge is -2.35. The van der Waals surface area contributed by atoms with Gasteiger partial charge in [0.2, 0.25) is 23.7 Å². The molecule has 69 heavy (non-hydrogen) atoms. The van der Waals surface area contributed by atoms with E-state index in [-0.39, 0.29) is 65.8 Å². The van der Waals surface area contributed by atoms with Crippen LogP contribution in [0.4, 0.5) is 16.7 Å². The van der Waals surface area contributed by atoms with Crippen LogP contribution < -0.4 is 16.8 Å². The number of carbonyl (C=O) groups excluding carboxylic acids is 5. The molecular weight excluding hydrogens is 877 g/mol. The first kappa shape index (κ1) is 46.4. The Balaban J connectivity index is 0.000000175. The molecule has 0 atom stereocenters. The van der Waals surface area contributed by atoms with Crippen molar-refractivity contribution in [3.8, 4) is 0 Å². The number of rotatable bonds is 6. The maximum Gasteiger partial charge on any atom is 0.410 e. The first-order valence-electron chi connectivity index (χ1n) is 23.2. The number of hydrogen-bond donors (Lipinski definition) is 3. The molecule has 4 aliphatic rings. The predicted molar refractivity (Wildman–Crippen MR) is 259 cm³/mol. The topological polar surface area (TPSA) is 226 Å². The Labute approximate surface area is 399 Å². The Kier molecular flexibility index (Phi) is 13.1. The summed E-state index contributed by atoms with van der Waals surface area (Å²) < 4.78 is 5.44. The summed E-state index contributed by atoms with van der Waals surface area (Å²) in [4.78, 5) is 90.9. The summed E-state index contributed by atoms with van der Waals surface area (Å²) in [6.07, 6.45) is 0.0789. The van der Waals surface area contributed by atoms with Crippen LogP contribution >= 0.6 is 0 Å². The molecule has 0 unspecified atom stereocenters. The van der Waals surface area contributed by atoms with Crippen molar-refractivity contribution in [1.82, 2.24) is 49.8 Å². The van der Waals surface area contributed by atoms with E-state index in [9.17, 15) is 24.0 Å². The predicted octanol–water partition coefficient (Wildman–Crippen LogP) is 4.33. The molecule has 0 aliphatic carbocycles. The second-order valence-electron chi connectivity index (χ2n) is 18.8. The van der Waals surface area contributed by atoms with Crippen LogP contribution in [0, 0.1) is 0 Å².